The Hall–Kier alpha value is -1.07. The first kappa shape index (κ1) is 18.7. The summed E-state index contributed by atoms with van der Waals surface area (Å²) in [4.78, 5) is 15.2. The zero-order valence-corrected chi connectivity index (χ0v) is 15.9. The second-order valence-corrected chi connectivity index (χ2v) is 7.83. The van der Waals surface area contributed by atoms with E-state index in [4.69, 9.17) is 0 Å². The maximum Gasteiger partial charge on any atom is 0.274 e. The largest absolute Gasteiger partial charge is 0.334 e. The fraction of sp³-hybridized carbons (Fsp3) is 0.789. The molecule has 1 unspecified atom stereocenters. The second-order valence-electron chi connectivity index (χ2n) is 7.83. The molecule has 6 heteroatoms. The van der Waals surface area contributed by atoms with Crippen LogP contribution in [0.3, 0.4) is 0 Å². The van der Waals surface area contributed by atoms with Gasteiger partial charge in [-0.1, -0.05) is 32.1 Å². The number of fused-ring (bicyclic) bond motifs is 1. The van der Waals surface area contributed by atoms with Crippen molar-refractivity contribution >= 4 is 18.3 Å². The molecule has 0 bridgehead atoms. The van der Waals surface area contributed by atoms with Crippen LogP contribution in [-0.2, 0) is 13.0 Å². The van der Waals surface area contributed by atoms with E-state index in [0.29, 0.717) is 11.7 Å². The van der Waals surface area contributed by atoms with Gasteiger partial charge in [-0.3, -0.25) is 9.89 Å². The zero-order chi connectivity index (χ0) is 16.4. The first-order chi connectivity index (χ1) is 11.8. The number of halogens is 1. The Kier molecular flexibility index (Phi) is 6.39. The summed E-state index contributed by atoms with van der Waals surface area (Å²) in [5, 5.41) is 10.8. The predicted octanol–water partition coefficient (Wildman–Crippen LogP) is 3.44. The topological polar surface area (TPSA) is 61.0 Å². The number of hydrogen-bond donors (Lipinski definition) is 2. The number of carbonyl (C=O) groups excluding carboxylic acids is 1. The molecule has 1 atom stereocenters. The standard InChI is InChI=1S/C19H30N4O.ClH/c24-19(18-16-13-20-11-10-17(16)21-22-18)23-12-4-7-15(23)9-8-14-5-2-1-3-6-14;/h14-15,20H,1-13H2,(H,21,22);1H. The van der Waals surface area contributed by atoms with Gasteiger partial charge in [-0.25, -0.2) is 0 Å². The van der Waals surface area contributed by atoms with Crippen LogP contribution in [-0.4, -0.2) is 40.1 Å². The molecule has 25 heavy (non-hydrogen) atoms. The summed E-state index contributed by atoms with van der Waals surface area (Å²) in [7, 11) is 0. The lowest BCUT2D eigenvalue weighted by molar-refractivity contribution is 0.0716. The van der Waals surface area contributed by atoms with Gasteiger partial charge in [0.25, 0.3) is 5.91 Å². The van der Waals surface area contributed by atoms with E-state index >= 15 is 0 Å². The Labute approximate surface area is 156 Å². The average molecular weight is 367 g/mol. The first-order valence-electron chi connectivity index (χ1n) is 9.90. The molecule has 4 rings (SSSR count). The lowest BCUT2D eigenvalue weighted by Crippen LogP contribution is -2.37. The number of likely N-dealkylation sites (tertiary alicyclic amines) is 1. The van der Waals surface area contributed by atoms with Crippen molar-refractivity contribution in [2.75, 3.05) is 13.1 Å². The van der Waals surface area contributed by atoms with E-state index < -0.39 is 0 Å². The Morgan fingerprint density at radius 1 is 1.12 bits per heavy atom. The Balaban J connectivity index is 0.00000182. The Morgan fingerprint density at radius 2 is 1.96 bits per heavy atom. The highest BCUT2D eigenvalue weighted by Crippen LogP contribution is 2.31. The fourth-order valence-electron chi connectivity index (χ4n) is 4.85. The van der Waals surface area contributed by atoms with Crippen LogP contribution in [0.5, 0.6) is 0 Å². The highest BCUT2D eigenvalue weighted by Gasteiger charge is 2.33. The van der Waals surface area contributed by atoms with Crippen molar-refractivity contribution in [3.8, 4) is 0 Å². The molecule has 3 aliphatic rings. The summed E-state index contributed by atoms with van der Waals surface area (Å²) in [5.74, 6) is 1.06. The molecule has 5 nitrogen and oxygen atoms in total. The van der Waals surface area contributed by atoms with E-state index in [0.717, 1.165) is 49.7 Å². The molecule has 140 valence electrons. The van der Waals surface area contributed by atoms with E-state index in [1.54, 1.807) is 0 Å². The third-order valence-electron chi connectivity index (χ3n) is 6.28. The number of rotatable bonds is 4. The van der Waals surface area contributed by atoms with Crippen molar-refractivity contribution in [1.82, 2.24) is 20.4 Å². The maximum atomic E-state index is 13.1. The molecule has 0 aromatic carbocycles. The number of aromatic amines is 1. The highest BCUT2D eigenvalue weighted by atomic mass is 35.5. The van der Waals surface area contributed by atoms with Crippen LogP contribution in [0.4, 0.5) is 0 Å². The number of carbonyl (C=O) groups is 1. The van der Waals surface area contributed by atoms with E-state index in [1.807, 2.05) is 0 Å². The number of nitrogens with one attached hydrogen (secondary N) is 2. The molecule has 2 aliphatic heterocycles. The molecule has 1 aliphatic carbocycles. The van der Waals surface area contributed by atoms with Crippen molar-refractivity contribution in [3.05, 3.63) is 17.0 Å². The van der Waals surface area contributed by atoms with Gasteiger partial charge in [0.1, 0.15) is 0 Å². The van der Waals surface area contributed by atoms with Crippen LogP contribution in [0.25, 0.3) is 0 Å². The quantitative estimate of drug-likeness (QED) is 0.858. The third kappa shape index (κ3) is 4.03. The molecule has 0 radical (unpaired) electrons. The molecular weight excluding hydrogens is 336 g/mol. The number of nitrogens with zero attached hydrogens (tertiary/aromatic N) is 2. The molecular formula is C19H31ClN4O. The second kappa shape index (κ2) is 8.54. The minimum atomic E-state index is 0. The van der Waals surface area contributed by atoms with Crippen molar-refractivity contribution in [1.29, 1.82) is 0 Å². The van der Waals surface area contributed by atoms with Crippen LogP contribution < -0.4 is 5.32 Å². The van der Waals surface area contributed by atoms with Gasteiger partial charge in [0.05, 0.1) is 0 Å². The molecule has 2 fully saturated rings. The Morgan fingerprint density at radius 3 is 2.80 bits per heavy atom. The van der Waals surface area contributed by atoms with Crippen molar-refractivity contribution in [3.63, 3.8) is 0 Å². The minimum absolute atomic E-state index is 0. The van der Waals surface area contributed by atoms with Gasteiger partial charge in [-0.05, 0) is 31.6 Å². The van der Waals surface area contributed by atoms with Crippen LogP contribution >= 0.6 is 12.4 Å². The van der Waals surface area contributed by atoms with Crippen molar-refractivity contribution in [2.24, 2.45) is 5.92 Å². The number of amides is 1. The van der Waals surface area contributed by atoms with Gasteiger partial charge in [0.15, 0.2) is 5.69 Å². The third-order valence-corrected chi connectivity index (χ3v) is 6.28. The molecule has 1 aromatic heterocycles. The smallest absolute Gasteiger partial charge is 0.274 e. The monoisotopic (exact) mass is 366 g/mol. The van der Waals surface area contributed by atoms with E-state index in [9.17, 15) is 4.79 Å². The molecule has 3 heterocycles. The summed E-state index contributed by atoms with van der Waals surface area (Å²) < 4.78 is 0. The summed E-state index contributed by atoms with van der Waals surface area (Å²) in [6, 6.07) is 0.434. The average Bonchev–Trinajstić information content (AvgIpc) is 3.27. The molecule has 1 aromatic rings. The molecule has 1 amide bonds. The van der Waals surface area contributed by atoms with Gasteiger partial charge in [0.2, 0.25) is 0 Å². The normalized spacial score (nSPS) is 24.0. The Bertz CT molecular complexity index is 582. The summed E-state index contributed by atoms with van der Waals surface area (Å²) >= 11 is 0. The van der Waals surface area contributed by atoms with Crippen molar-refractivity contribution < 1.29 is 4.79 Å². The number of H-pyrrole nitrogens is 1. The zero-order valence-electron chi connectivity index (χ0n) is 15.1. The fourth-order valence-corrected chi connectivity index (χ4v) is 4.85. The molecule has 0 spiro atoms. The van der Waals surface area contributed by atoms with E-state index in [2.05, 4.69) is 20.4 Å². The molecule has 2 N–H and O–H groups in total. The van der Waals surface area contributed by atoms with Gasteiger partial charge >= 0.3 is 0 Å². The lowest BCUT2D eigenvalue weighted by atomic mass is 9.85. The van der Waals surface area contributed by atoms with E-state index in [-0.39, 0.29) is 18.3 Å². The highest BCUT2D eigenvalue weighted by molar-refractivity contribution is 5.94. The van der Waals surface area contributed by atoms with Gasteiger partial charge in [0, 0.05) is 43.4 Å². The van der Waals surface area contributed by atoms with E-state index in [1.165, 1.54) is 51.4 Å². The van der Waals surface area contributed by atoms with Crippen LogP contribution in [0, 0.1) is 5.92 Å². The van der Waals surface area contributed by atoms with Gasteiger partial charge < -0.3 is 10.2 Å². The molecule has 1 saturated heterocycles. The summed E-state index contributed by atoms with van der Waals surface area (Å²) in [6.45, 7) is 2.65. The maximum absolute atomic E-state index is 13.1. The lowest BCUT2D eigenvalue weighted by Gasteiger charge is -2.28. The number of aromatic nitrogens is 2. The van der Waals surface area contributed by atoms with Gasteiger partial charge in [-0.2, -0.15) is 5.10 Å². The van der Waals surface area contributed by atoms with Crippen molar-refractivity contribution in [2.45, 2.75) is 76.8 Å². The first-order valence-corrected chi connectivity index (χ1v) is 9.90. The summed E-state index contributed by atoms with van der Waals surface area (Å²) in [6.07, 6.45) is 12.8. The van der Waals surface area contributed by atoms with Crippen LogP contribution in [0.15, 0.2) is 0 Å². The predicted molar refractivity (Wildman–Crippen MR) is 101 cm³/mol. The van der Waals surface area contributed by atoms with Crippen LogP contribution in [0.1, 0.15) is 79.5 Å². The minimum Gasteiger partial charge on any atom is -0.334 e. The molecule has 1 saturated carbocycles. The SMILES string of the molecule is Cl.O=C(c1n[nH]c2c1CNCC2)N1CCCC1CCC1CCCCC1. The van der Waals surface area contributed by atoms with Gasteiger partial charge in [-0.15, -0.1) is 12.4 Å². The van der Waals surface area contributed by atoms with Crippen LogP contribution in [0.2, 0.25) is 0 Å². The summed E-state index contributed by atoms with van der Waals surface area (Å²) in [5.41, 5.74) is 2.92. The number of hydrogen-bond acceptors (Lipinski definition) is 3.